The second-order valence-corrected chi connectivity index (χ2v) is 6.36. The van der Waals surface area contributed by atoms with Crippen LogP contribution in [0, 0.1) is 10.1 Å². The smallest absolute Gasteiger partial charge is 0.270 e. The molecule has 0 fully saturated rings. The molecule has 1 N–H and O–H groups in total. The van der Waals surface area contributed by atoms with Gasteiger partial charge in [0.1, 0.15) is 4.90 Å². The lowest BCUT2D eigenvalue weighted by Crippen LogP contribution is -2.31. The lowest BCUT2D eigenvalue weighted by Gasteiger charge is -2.20. The van der Waals surface area contributed by atoms with Crippen LogP contribution >= 0.6 is 0 Å². The van der Waals surface area contributed by atoms with Gasteiger partial charge < -0.3 is 5.32 Å². The Bertz CT molecular complexity index is 597. The third-order valence-electron chi connectivity index (χ3n) is 3.06. The van der Waals surface area contributed by atoms with E-state index in [0.717, 1.165) is 12.5 Å². The van der Waals surface area contributed by atoms with Crippen molar-refractivity contribution in [1.29, 1.82) is 0 Å². The minimum Gasteiger partial charge on any atom is -0.384 e. The van der Waals surface area contributed by atoms with Gasteiger partial charge in [0.25, 0.3) is 5.69 Å². The molecule has 1 aromatic rings. The summed E-state index contributed by atoms with van der Waals surface area (Å²) < 4.78 is 26.5. The molecule has 0 bridgehead atoms. The number of sulfonamides is 1. The van der Waals surface area contributed by atoms with E-state index in [-0.39, 0.29) is 10.6 Å². The van der Waals surface area contributed by atoms with Crippen LogP contribution in [0.3, 0.4) is 0 Å². The fraction of sp³-hybridized carbons (Fsp3) is 0.538. The second-order valence-electron chi connectivity index (χ2n) is 4.45. The van der Waals surface area contributed by atoms with Crippen molar-refractivity contribution in [3.63, 3.8) is 0 Å². The topological polar surface area (TPSA) is 92.5 Å². The van der Waals surface area contributed by atoms with Gasteiger partial charge in [-0.25, -0.2) is 8.42 Å². The molecule has 21 heavy (non-hydrogen) atoms. The number of nitro groups is 1. The lowest BCUT2D eigenvalue weighted by atomic mass is 10.3. The number of nitro benzene ring substituents is 1. The molecule has 0 atom stereocenters. The normalized spacial score (nSPS) is 11.6. The van der Waals surface area contributed by atoms with Gasteiger partial charge in [0.05, 0.1) is 10.6 Å². The maximum Gasteiger partial charge on any atom is 0.270 e. The van der Waals surface area contributed by atoms with Crippen molar-refractivity contribution in [2.75, 3.05) is 25.0 Å². The molecule has 118 valence electrons. The monoisotopic (exact) mass is 315 g/mol. The molecule has 0 unspecified atom stereocenters. The number of hydrogen-bond acceptors (Lipinski definition) is 5. The third-order valence-corrected chi connectivity index (χ3v) is 5.15. The van der Waals surface area contributed by atoms with Crippen LogP contribution in [0.1, 0.15) is 27.2 Å². The Hall–Kier alpha value is -1.67. The fourth-order valence-corrected chi connectivity index (χ4v) is 3.59. The summed E-state index contributed by atoms with van der Waals surface area (Å²) in [4.78, 5) is 10.3. The van der Waals surface area contributed by atoms with E-state index in [1.165, 1.54) is 16.4 Å². The summed E-state index contributed by atoms with van der Waals surface area (Å²) in [5, 5.41) is 13.9. The Morgan fingerprint density at radius 3 is 2.33 bits per heavy atom. The van der Waals surface area contributed by atoms with Gasteiger partial charge in [-0.15, -0.1) is 0 Å². The summed E-state index contributed by atoms with van der Waals surface area (Å²) in [7, 11) is -3.75. The first-order valence-corrected chi connectivity index (χ1v) is 8.34. The predicted octanol–water partition coefficient (Wildman–Crippen LogP) is 2.45. The van der Waals surface area contributed by atoms with Crippen LogP contribution in [0.25, 0.3) is 0 Å². The van der Waals surface area contributed by atoms with E-state index in [9.17, 15) is 18.5 Å². The van der Waals surface area contributed by atoms with Crippen molar-refractivity contribution >= 4 is 21.4 Å². The molecule has 0 amide bonds. The van der Waals surface area contributed by atoms with Crippen molar-refractivity contribution in [3.05, 3.63) is 28.3 Å². The van der Waals surface area contributed by atoms with Gasteiger partial charge in [-0.2, -0.15) is 4.31 Å². The van der Waals surface area contributed by atoms with Crippen LogP contribution in [0.5, 0.6) is 0 Å². The minimum absolute atomic E-state index is 0.0474. The number of benzene rings is 1. The highest BCUT2D eigenvalue weighted by molar-refractivity contribution is 7.89. The van der Waals surface area contributed by atoms with Crippen LogP contribution in [0.2, 0.25) is 0 Å². The molecule has 0 aromatic heterocycles. The summed E-state index contributed by atoms with van der Waals surface area (Å²) in [5.74, 6) is 0. The highest BCUT2D eigenvalue weighted by Gasteiger charge is 2.27. The molecule has 0 aliphatic rings. The number of rotatable bonds is 8. The average molecular weight is 315 g/mol. The highest BCUT2D eigenvalue weighted by atomic mass is 32.2. The van der Waals surface area contributed by atoms with Crippen LogP contribution in [-0.2, 0) is 10.0 Å². The van der Waals surface area contributed by atoms with E-state index >= 15 is 0 Å². The van der Waals surface area contributed by atoms with Crippen molar-refractivity contribution in [3.8, 4) is 0 Å². The van der Waals surface area contributed by atoms with Crippen molar-refractivity contribution in [2.24, 2.45) is 0 Å². The standard InChI is InChI=1S/C13H21N3O4S/c1-4-9-14-12-8-7-11(16(17)18)10-13(12)21(19,20)15(5-2)6-3/h7-8,10,14H,4-6,9H2,1-3H3. The summed E-state index contributed by atoms with van der Waals surface area (Å²) in [6, 6.07) is 3.87. The molecule has 0 saturated carbocycles. The Labute approximate surface area is 125 Å². The van der Waals surface area contributed by atoms with Crippen LogP contribution < -0.4 is 5.32 Å². The molecule has 0 spiro atoms. The third kappa shape index (κ3) is 3.92. The summed E-state index contributed by atoms with van der Waals surface area (Å²) in [5.41, 5.74) is 0.164. The van der Waals surface area contributed by atoms with E-state index < -0.39 is 14.9 Å². The molecule has 0 saturated heterocycles. The van der Waals surface area contributed by atoms with Crippen LogP contribution in [-0.4, -0.2) is 37.3 Å². The van der Waals surface area contributed by atoms with Gasteiger partial charge in [0.15, 0.2) is 0 Å². The molecule has 7 nitrogen and oxygen atoms in total. The first-order valence-electron chi connectivity index (χ1n) is 6.90. The predicted molar refractivity (Wildman–Crippen MR) is 82.0 cm³/mol. The molecule has 1 aromatic carbocycles. The van der Waals surface area contributed by atoms with Gasteiger partial charge in [0, 0.05) is 31.8 Å². The van der Waals surface area contributed by atoms with E-state index in [2.05, 4.69) is 5.32 Å². The Morgan fingerprint density at radius 2 is 1.86 bits per heavy atom. The first-order chi connectivity index (χ1) is 9.88. The molecular formula is C13H21N3O4S. The zero-order valence-electron chi connectivity index (χ0n) is 12.5. The van der Waals surface area contributed by atoms with Gasteiger partial charge >= 0.3 is 0 Å². The zero-order valence-corrected chi connectivity index (χ0v) is 13.3. The van der Waals surface area contributed by atoms with Gasteiger partial charge in [-0.05, 0) is 12.5 Å². The Kier molecular flexibility index (Phi) is 6.10. The second kappa shape index (κ2) is 7.37. The Balaban J connectivity index is 3.40. The van der Waals surface area contributed by atoms with E-state index in [0.29, 0.717) is 25.3 Å². The van der Waals surface area contributed by atoms with Gasteiger partial charge in [0.2, 0.25) is 10.0 Å². The highest BCUT2D eigenvalue weighted by Crippen LogP contribution is 2.29. The molecule has 8 heteroatoms. The lowest BCUT2D eigenvalue weighted by molar-refractivity contribution is -0.385. The fourth-order valence-electron chi connectivity index (χ4n) is 1.95. The number of hydrogen-bond donors (Lipinski definition) is 1. The van der Waals surface area contributed by atoms with Gasteiger partial charge in [-0.1, -0.05) is 20.8 Å². The van der Waals surface area contributed by atoms with E-state index in [4.69, 9.17) is 0 Å². The number of anilines is 1. The SMILES string of the molecule is CCCNc1ccc([N+](=O)[O-])cc1S(=O)(=O)N(CC)CC. The van der Waals surface area contributed by atoms with E-state index in [1.54, 1.807) is 13.8 Å². The summed E-state index contributed by atoms with van der Waals surface area (Å²) >= 11 is 0. The number of nitrogens with one attached hydrogen (secondary N) is 1. The molecule has 0 heterocycles. The van der Waals surface area contributed by atoms with Crippen molar-refractivity contribution in [1.82, 2.24) is 4.31 Å². The maximum absolute atomic E-state index is 12.6. The van der Waals surface area contributed by atoms with Crippen LogP contribution in [0.4, 0.5) is 11.4 Å². The van der Waals surface area contributed by atoms with Crippen molar-refractivity contribution in [2.45, 2.75) is 32.1 Å². The number of non-ortho nitro benzene ring substituents is 1. The molecule has 0 aliphatic heterocycles. The Morgan fingerprint density at radius 1 is 1.24 bits per heavy atom. The number of nitrogens with zero attached hydrogens (tertiary/aromatic N) is 2. The molecule has 0 radical (unpaired) electrons. The minimum atomic E-state index is -3.75. The molecule has 0 aliphatic carbocycles. The maximum atomic E-state index is 12.6. The van der Waals surface area contributed by atoms with E-state index in [1.807, 2.05) is 6.92 Å². The largest absolute Gasteiger partial charge is 0.384 e. The zero-order chi connectivity index (χ0) is 16.0. The average Bonchev–Trinajstić information content (AvgIpc) is 2.45. The summed E-state index contributed by atoms with van der Waals surface area (Å²) in [6.45, 7) is 6.65. The molecular weight excluding hydrogens is 294 g/mol. The quantitative estimate of drug-likeness (QED) is 0.587. The van der Waals surface area contributed by atoms with Crippen molar-refractivity contribution < 1.29 is 13.3 Å². The van der Waals surface area contributed by atoms with Crippen LogP contribution in [0.15, 0.2) is 23.1 Å². The molecule has 1 rings (SSSR count). The van der Waals surface area contributed by atoms with Gasteiger partial charge in [-0.3, -0.25) is 10.1 Å². The summed E-state index contributed by atoms with van der Waals surface area (Å²) in [6.07, 6.45) is 0.821. The first kappa shape index (κ1) is 17.4.